The smallest absolute Gasteiger partial charge is 0.342 e. The Morgan fingerprint density at radius 3 is 2.76 bits per heavy atom. The molecule has 0 fully saturated rings. The van der Waals surface area contributed by atoms with Crippen molar-refractivity contribution in [3.05, 3.63) is 22.9 Å². The summed E-state index contributed by atoms with van der Waals surface area (Å²) in [5.41, 5.74) is 4.86. The molecule has 0 saturated carbocycles. The van der Waals surface area contributed by atoms with Crippen molar-refractivity contribution in [3.8, 4) is 0 Å². The number of halogens is 3. The third-order valence-electron chi connectivity index (χ3n) is 2.10. The number of esters is 1. The van der Waals surface area contributed by atoms with E-state index < -0.39 is 18.0 Å². The van der Waals surface area contributed by atoms with Gasteiger partial charge >= 0.3 is 5.97 Å². The first-order chi connectivity index (χ1) is 8.02. The number of carbonyl (C=O) groups excluding carboxylic acids is 1. The van der Waals surface area contributed by atoms with Crippen LogP contribution in [0.3, 0.4) is 0 Å². The van der Waals surface area contributed by atoms with Crippen molar-refractivity contribution in [1.29, 1.82) is 0 Å². The average molecular weight is 265 g/mol. The van der Waals surface area contributed by atoms with E-state index >= 15 is 0 Å². The third-order valence-corrected chi connectivity index (χ3v) is 2.36. The van der Waals surface area contributed by atoms with E-state index in [1.165, 1.54) is 0 Å². The van der Waals surface area contributed by atoms with E-state index in [0.29, 0.717) is 0 Å². The van der Waals surface area contributed by atoms with Crippen molar-refractivity contribution in [2.75, 3.05) is 12.3 Å². The first-order valence-electron chi connectivity index (χ1n) is 4.81. The molecule has 0 unspecified atom stereocenters. The van der Waals surface area contributed by atoms with E-state index in [9.17, 15) is 13.6 Å². The molecule has 17 heavy (non-hydrogen) atoms. The molecule has 0 aromatic carbocycles. The molecule has 7 heteroatoms. The Hall–Kier alpha value is -1.43. The van der Waals surface area contributed by atoms with Crippen LogP contribution in [0.15, 0.2) is 6.20 Å². The minimum atomic E-state index is -2.77. The summed E-state index contributed by atoms with van der Waals surface area (Å²) in [5, 5.41) is 0. The van der Waals surface area contributed by atoms with E-state index in [1.807, 2.05) is 0 Å². The number of rotatable bonds is 4. The Kier molecular flexibility index (Phi) is 4.62. The Labute approximate surface area is 102 Å². The summed E-state index contributed by atoms with van der Waals surface area (Å²) in [6.45, 7) is 1.71. The molecule has 0 atom stereocenters. The highest BCUT2D eigenvalue weighted by Crippen LogP contribution is 2.29. The Morgan fingerprint density at radius 2 is 2.29 bits per heavy atom. The number of nitrogens with two attached hydrogens (primary N) is 1. The number of hydrogen-bond acceptors (Lipinski definition) is 4. The lowest BCUT2D eigenvalue weighted by atomic mass is 10.1. The lowest BCUT2D eigenvalue weighted by Crippen LogP contribution is -2.14. The van der Waals surface area contributed by atoms with E-state index in [2.05, 4.69) is 4.98 Å². The van der Waals surface area contributed by atoms with Crippen molar-refractivity contribution in [1.82, 2.24) is 4.98 Å². The van der Waals surface area contributed by atoms with Crippen LogP contribution in [0.25, 0.3) is 0 Å². The number of anilines is 1. The lowest BCUT2D eigenvalue weighted by Gasteiger charge is -2.12. The quantitative estimate of drug-likeness (QED) is 0.670. The number of nitrogen functional groups attached to an aromatic ring is 1. The molecule has 94 valence electrons. The maximum Gasteiger partial charge on any atom is 0.342 e. The van der Waals surface area contributed by atoms with Crippen molar-refractivity contribution in [3.63, 3.8) is 0 Å². The van der Waals surface area contributed by atoms with Gasteiger partial charge in [0.2, 0.25) is 0 Å². The molecule has 0 radical (unpaired) electrons. The first-order valence-corrected chi connectivity index (χ1v) is 5.34. The van der Waals surface area contributed by atoms with Crippen molar-refractivity contribution >= 4 is 23.4 Å². The van der Waals surface area contributed by atoms with Gasteiger partial charge in [-0.15, -0.1) is 11.6 Å². The van der Waals surface area contributed by atoms with E-state index in [0.717, 1.165) is 6.20 Å². The second kappa shape index (κ2) is 5.77. The molecule has 0 spiro atoms. The number of pyridine rings is 1. The zero-order valence-corrected chi connectivity index (χ0v) is 9.80. The fourth-order valence-electron chi connectivity index (χ4n) is 1.34. The van der Waals surface area contributed by atoms with Crippen LogP contribution in [-0.2, 0) is 10.6 Å². The standard InChI is InChI=1S/C10H11ClF2N2O2/c1-2-17-10(16)7-5(3-11)6(8(12)13)4-15-9(7)14/h4,8H,2-3H2,1H3,(H2,14,15). The number of ether oxygens (including phenoxy) is 1. The van der Waals surface area contributed by atoms with Crippen LogP contribution in [0, 0.1) is 0 Å². The van der Waals surface area contributed by atoms with Gasteiger partial charge in [0.25, 0.3) is 6.43 Å². The number of aromatic nitrogens is 1. The number of alkyl halides is 3. The molecule has 0 saturated heterocycles. The summed E-state index contributed by atoms with van der Waals surface area (Å²) in [4.78, 5) is 15.1. The maximum absolute atomic E-state index is 12.7. The molecule has 4 nitrogen and oxygen atoms in total. The van der Waals surface area contributed by atoms with Crippen LogP contribution in [0.1, 0.15) is 34.8 Å². The zero-order chi connectivity index (χ0) is 13.0. The second-order valence-electron chi connectivity index (χ2n) is 3.11. The van der Waals surface area contributed by atoms with Gasteiger partial charge in [-0.25, -0.2) is 18.6 Å². The molecule has 0 aliphatic heterocycles. The summed E-state index contributed by atoms with van der Waals surface area (Å²) in [7, 11) is 0. The highest BCUT2D eigenvalue weighted by molar-refractivity contribution is 6.18. The average Bonchev–Trinajstić information content (AvgIpc) is 2.28. The SMILES string of the molecule is CCOC(=O)c1c(N)ncc(C(F)F)c1CCl. The molecular weight excluding hydrogens is 254 g/mol. The largest absolute Gasteiger partial charge is 0.462 e. The normalized spacial score (nSPS) is 10.6. The van der Waals surface area contributed by atoms with Crippen LogP contribution in [0.2, 0.25) is 0 Å². The zero-order valence-electron chi connectivity index (χ0n) is 9.04. The van der Waals surface area contributed by atoms with Gasteiger partial charge in [-0.1, -0.05) is 0 Å². The van der Waals surface area contributed by atoms with Crippen LogP contribution >= 0.6 is 11.6 Å². The molecule has 1 aromatic rings. The van der Waals surface area contributed by atoms with Gasteiger partial charge in [-0.2, -0.15) is 0 Å². The fourth-order valence-corrected chi connectivity index (χ4v) is 1.63. The topological polar surface area (TPSA) is 65.2 Å². The van der Waals surface area contributed by atoms with Crippen LogP contribution in [0.4, 0.5) is 14.6 Å². The summed E-state index contributed by atoms with van der Waals surface area (Å²) < 4.78 is 30.1. The minimum absolute atomic E-state index is 0.0346. The molecule has 0 aliphatic rings. The second-order valence-corrected chi connectivity index (χ2v) is 3.37. The van der Waals surface area contributed by atoms with Crippen molar-refractivity contribution in [2.24, 2.45) is 0 Å². The highest BCUT2D eigenvalue weighted by atomic mass is 35.5. The van der Waals surface area contributed by atoms with Crippen LogP contribution in [-0.4, -0.2) is 17.6 Å². The van der Waals surface area contributed by atoms with Crippen molar-refractivity contribution < 1.29 is 18.3 Å². The summed E-state index contributed by atoms with van der Waals surface area (Å²) in [6, 6.07) is 0. The summed E-state index contributed by atoms with van der Waals surface area (Å²) >= 11 is 5.57. The molecule has 0 aliphatic carbocycles. The Balaban J connectivity index is 3.35. The summed E-state index contributed by atoms with van der Waals surface area (Å²) in [5.74, 6) is -1.22. The molecule has 1 heterocycles. The van der Waals surface area contributed by atoms with Gasteiger partial charge in [-0.05, 0) is 12.5 Å². The molecular formula is C10H11ClF2N2O2. The van der Waals surface area contributed by atoms with Gasteiger partial charge in [0, 0.05) is 17.6 Å². The van der Waals surface area contributed by atoms with Gasteiger partial charge < -0.3 is 10.5 Å². The molecule has 1 aromatic heterocycles. The van der Waals surface area contributed by atoms with E-state index in [4.69, 9.17) is 22.1 Å². The Bertz CT molecular complexity index is 427. The van der Waals surface area contributed by atoms with Crippen molar-refractivity contribution in [2.45, 2.75) is 19.2 Å². The molecule has 1 rings (SSSR count). The predicted octanol–water partition coefficient (Wildman–Crippen LogP) is 2.52. The fraction of sp³-hybridized carbons (Fsp3) is 0.400. The maximum atomic E-state index is 12.7. The molecule has 0 amide bonds. The summed E-state index contributed by atoms with van der Waals surface area (Å²) in [6.07, 6.45) is -1.86. The monoisotopic (exact) mass is 264 g/mol. The number of hydrogen-bond donors (Lipinski definition) is 1. The first kappa shape index (κ1) is 13.6. The van der Waals surface area contributed by atoms with Gasteiger partial charge in [0.1, 0.15) is 11.4 Å². The third kappa shape index (κ3) is 2.82. The van der Waals surface area contributed by atoms with E-state index in [-0.39, 0.29) is 29.4 Å². The van der Waals surface area contributed by atoms with Crippen LogP contribution < -0.4 is 5.73 Å². The van der Waals surface area contributed by atoms with Gasteiger partial charge in [-0.3, -0.25) is 0 Å². The van der Waals surface area contributed by atoms with Crippen LogP contribution in [0.5, 0.6) is 0 Å². The molecule has 0 bridgehead atoms. The highest BCUT2D eigenvalue weighted by Gasteiger charge is 2.23. The molecule has 2 N–H and O–H groups in total. The Morgan fingerprint density at radius 1 is 1.65 bits per heavy atom. The minimum Gasteiger partial charge on any atom is -0.462 e. The number of carbonyl (C=O) groups is 1. The van der Waals surface area contributed by atoms with Gasteiger partial charge in [0.15, 0.2) is 0 Å². The predicted molar refractivity (Wildman–Crippen MR) is 59.1 cm³/mol. The number of nitrogens with zero attached hydrogens (tertiary/aromatic N) is 1. The lowest BCUT2D eigenvalue weighted by molar-refractivity contribution is 0.0525. The van der Waals surface area contributed by atoms with E-state index in [1.54, 1.807) is 6.92 Å². The van der Waals surface area contributed by atoms with Gasteiger partial charge in [0.05, 0.1) is 6.61 Å².